The van der Waals surface area contributed by atoms with Gasteiger partial charge in [0.1, 0.15) is 6.33 Å². The highest BCUT2D eigenvalue weighted by molar-refractivity contribution is 5.95. The third-order valence-electron chi connectivity index (χ3n) is 4.64. The van der Waals surface area contributed by atoms with Crippen molar-refractivity contribution < 1.29 is 4.79 Å². The van der Waals surface area contributed by atoms with Crippen LogP contribution in [-0.2, 0) is 6.42 Å². The van der Waals surface area contributed by atoms with Crippen LogP contribution in [0.25, 0.3) is 0 Å². The van der Waals surface area contributed by atoms with Crippen LogP contribution in [0.4, 0.5) is 0 Å². The molecule has 2 aromatic rings. The van der Waals surface area contributed by atoms with E-state index in [0.29, 0.717) is 11.6 Å². The number of amides is 1. The van der Waals surface area contributed by atoms with Crippen LogP contribution in [0.15, 0.2) is 42.9 Å². The number of nitrogens with zero attached hydrogens (tertiary/aromatic N) is 3. The number of carbonyl (C=O) groups is 1. The van der Waals surface area contributed by atoms with E-state index in [2.05, 4.69) is 34.2 Å². The van der Waals surface area contributed by atoms with Crippen molar-refractivity contribution in [2.45, 2.75) is 45.1 Å². The normalized spacial score (nSPS) is 18.0. The lowest BCUT2D eigenvalue weighted by molar-refractivity contribution is 0.0600. The maximum Gasteiger partial charge on any atom is 0.257 e. The van der Waals surface area contributed by atoms with E-state index in [1.807, 2.05) is 17.9 Å². The Bertz CT molecular complexity index is 657. The number of benzene rings is 1. The first-order chi connectivity index (χ1) is 11.3. The van der Waals surface area contributed by atoms with Crippen LogP contribution in [0.5, 0.6) is 0 Å². The van der Waals surface area contributed by atoms with Gasteiger partial charge in [0.25, 0.3) is 5.91 Å². The van der Waals surface area contributed by atoms with Crippen LogP contribution in [-0.4, -0.2) is 33.4 Å². The van der Waals surface area contributed by atoms with Crippen molar-refractivity contribution in [3.63, 3.8) is 0 Å². The van der Waals surface area contributed by atoms with Crippen LogP contribution in [0.2, 0.25) is 0 Å². The number of piperidine rings is 1. The minimum Gasteiger partial charge on any atom is -0.336 e. The Labute approximate surface area is 137 Å². The first-order valence-electron chi connectivity index (χ1n) is 8.37. The molecule has 0 unspecified atom stereocenters. The van der Waals surface area contributed by atoms with Crippen molar-refractivity contribution in [1.82, 2.24) is 14.9 Å². The van der Waals surface area contributed by atoms with Gasteiger partial charge in [-0.3, -0.25) is 4.79 Å². The summed E-state index contributed by atoms with van der Waals surface area (Å²) >= 11 is 0. The van der Waals surface area contributed by atoms with Crippen molar-refractivity contribution >= 4 is 5.91 Å². The fourth-order valence-electron chi connectivity index (χ4n) is 3.30. The zero-order valence-corrected chi connectivity index (χ0v) is 13.6. The molecule has 1 atom stereocenters. The van der Waals surface area contributed by atoms with Crippen molar-refractivity contribution in [2.24, 2.45) is 0 Å². The lowest BCUT2D eigenvalue weighted by atomic mass is 9.95. The van der Waals surface area contributed by atoms with Crippen LogP contribution >= 0.6 is 0 Å². The standard InChI is InChI=1S/C19H23N3O/c1-15-18(13-20-14-21-15)19(23)22-12-6-5-9-17(22)11-10-16-7-3-2-4-8-16/h2-4,7-8,13-14,17H,5-6,9-12H2,1H3/t17-/m0/s1. The Hall–Kier alpha value is -2.23. The van der Waals surface area contributed by atoms with Crippen molar-refractivity contribution in [3.8, 4) is 0 Å². The number of hydrogen-bond acceptors (Lipinski definition) is 3. The van der Waals surface area contributed by atoms with E-state index in [-0.39, 0.29) is 5.91 Å². The number of aromatic nitrogens is 2. The average Bonchev–Trinajstić information content (AvgIpc) is 2.61. The molecule has 120 valence electrons. The Morgan fingerprint density at radius 2 is 2.09 bits per heavy atom. The zero-order chi connectivity index (χ0) is 16.1. The smallest absolute Gasteiger partial charge is 0.257 e. The molecule has 0 radical (unpaired) electrons. The molecule has 23 heavy (non-hydrogen) atoms. The van der Waals surface area contributed by atoms with Gasteiger partial charge in [-0.2, -0.15) is 0 Å². The molecule has 2 heterocycles. The SMILES string of the molecule is Cc1ncncc1C(=O)N1CCCC[C@H]1CCc1ccccc1. The molecule has 1 aliphatic heterocycles. The average molecular weight is 309 g/mol. The topological polar surface area (TPSA) is 46.1 Å². The summed E-state index contributed by atoms with van der Waals surface area (Å²) in [6.45, 7) is 2.71. The Kier molecular flexibility index (Phi) is 5.01. The van der Waals surface area contributed by atoms with Crippen LogP contribution in [0, 0.1) is 6.92 Å². The highest BCUT2D eigenvalue weighted by Crippen LogP contribution is 2.23. The highest BCUT2D eigenvalue weighted by atomic mass is 16.2. The third kappa shape index (κ3) is 3.76. The van der Waals surface area contributed by atoms with Gasteiger partial charge in [0.15, 0.2) is 0 Å². The van der Waals surface area contributed by atoms with Gasteiger partial charge in [-0.15, -0.1) is 0 Å². The number of hydrogen-bond donors (Lipinski definition) is 0. The van der Waals surface area contributed by atoms with Crippen molar-refractivity contribution in [1.29, 1.82) is 0 Å². The van der Waals surface area contributed by atoms with Crippen LogP contribution < -0.4 is 0 Å². The van der Waals surface area contributed by atoms with E-state index in [4.69, 9.17) is 0 Å². The second-order valence-corrected chi connectivity index (χ2v) is 6.19. The van der Waals surface area contributed by atoms with Gasteiger partial charge in [0.05, 0.1) is 11.3 Å². The lowest BCUT2D eigenvalue weighted by Crippen LogP contribution is -2.44. The van der Waals surface area contributed by atoms with Gasteiger partial charge in [0, 0.05) is 18.8 Å². The Morgan fingerprint density at radius 1 is 1.26 bits per heavy atom. The second-order valence-electron chi connectivity index (χ2n) is 6.19. The molecule has 0 spiro atoms. The molecule has 1 aromatic carbocycles. The van der Waals surface area contributed by atoms with Gasteiger partial charge in [-0.05, 0) is 44.6 Å². The van der Waals surface area contributed by atoms with Crippen LogP contribution in [0.3, 0.4) is 0 Å². The first kappa shape index (κ1) is 15.7. The van der Waals surface area contributed by atoms with Crippen molar-refractivity contribution in [2.75, 3.05) is 6.54 Å². The number of carbonyl (C=O) groups excluding carboxylic acids is 1. The minimum atomic E-state index is 0.0841. The molecule has 1 amide bonds. The molecule has 4 nitrogen and oxygen atoms in total. The Morgan fingerprint density at radius 3 is 2.87 bits per heavy atom. The van der Waals surface area contributed by atoms with Gasteiger partial charge < -0.3 is 4.90 Å². The van der Waals surface area contributed by atoms with Gasteiger partial charge in [-0.1, -0.05) is 30.3 Å². The summed E-state index contributed by atoms with van der Waals surface area (Å²) in [6, 6.07) is 10.8. The third-order valence-corrected chi connectivity index (χ3v) is 4.64. The fourth-order valence-corrected chi connectivity index (χ4v) is 3.30. The first-order valence-corrected chi connectivity index (χ1v) is 8.37. The van der Waals surface area contributed by atoms with E-state index < -0.39 is 0 Å². The number of aryl methyl sites for hydroxylation is 2. The molecule has 0 aliphatic carbocycles. The largest absolute Gasteiger partial charge is 0.336 e. The van der Waals surface area contributed by atoms with Crippen LogP contribution in [0.1, 0.15) is 47.3 Å². The molecule has 1 fully saturated rings. The fraction of sp³-hybridized carbons (Fsp3) is 0.421. The summed E-state index contributed by atoms with van der Waals surface area (Å²) in [6.07, 6.45) is 8.55. The van der Waals surface area contributed by atoms with Gasteiger partial charge >= 0.3 is 0 Å². The summed E-state index contributed by atoms with van der Waals surface area (Å²) in [7, 11) is 0. The van der Waals surface area contributed by atoms with E-state index in [1.54, 1.807) is 6.20 Å². The zero-order valence-electron chi connectivity index (χ0n) is 13.6. The number of rotatable bonds is 4. The van der Waals surface area contributed by atoms with E-state index in [9.17, 15) is 4.79 Å². The Balaban J connectivity index is 1.71. The predicted octanol–water partition coefficient (Wildman–Crippen LogP) is 3.41. The predicted molar refractivity (Wildman–Crippen MR) is 90.2 cm³/mol. The van der Waals surface area contributed by atoms with E-state index >= 15 is 0 Å². The molecule has 1 aliphatic rings. The van der Waals surface area contributed by atoms with Crippen molar-refractivity contribution in [3.05, 3.63) is 59.7 Å². The molecular weight excluding hydrogens is 286 g/mol. The molecule has 1 saturated heterocycles. The highest BCUT2D eigenvalue weighted by Gasteiger charge is 2.28. The summed E-state index contributed by atoms with van der Waals surface area (Å²) < 4.78 is 0. The molecule has 0 N–H and O–H groups in total. The molecule has 0 saturated carbocycles. The maximum atomic E-state index is 12.9. The van der Waals surface area contributed by atoms with Gasteiger partial charge in [0.2, 0.25) is 0 Å². The van der Waals surface area contributed by atoms with Gasteiger partial charge in [-0.25, -0.2) is 9.97 Å². The monoisotopic (exact) mass is 309 g/mol. The summed E-state index contributed by atoms with van der Waals surface area (Å²) in [5.74, 6) is 0.0841. The summed E-state index contributed by atoms with van der Waals surface area (Å²) in [5.41, 5.74) is 2.74. The molecular formula is C19H23N3O. The maximum absolute atomic E-state index is 12.9. The second kappa shape index (κ2) is 7.36. The lowest BCUT2D eigenvalue weighted by Gasteiger charge is -2.36. The van der Waals surface area contributed by atoms with E-state index in [0.717, 1.165) is 37.9 Å². The molecule has 4 heteroatoms. The minimum absolute atomic E-state index is 0.0841. The summed E-state index contributed by atoms with van der Waals surface area (Å²) in [4.78, 5) is 23.1. The quantitative estimate of drug-likeness (QED) is 0.869. The molecule has 1 aromatic heterocycles. The molecule has 3 rings (SSSR count). The number of likely N-dealkylation sites (tertiary alicyclic amines) is 1. The van der Waals surface area contributed by atoms with E-state index in [1.165, 1.54) is 18.3 Å². The summed E-state index contributed by atoms with van der Waals surface area (Å²) in [5, 5.41) is 0. The molecule has 0 bridgehead atoms.